The second-order valence-electron chi connectivity index (χ2n) is 3.82. The maximum atomic E-state index is 11.6. The van der Waals surface area contributed by atoms with Crippen LogP contribution in [0.5, 0.6) is 0 Å². The lowest BCUT2D eigenvalue weighted by atomic mass is 10.1. The lowest BCUT2D eigenvalue weighted by Gasteiger charge is -2.05. The maximum Gasteiger partial charge on any atom is 0.274 e. The molecule has 0 unspecified atom stereocenters. The number of carbonyl (C=O) groups excluding carboxylic acids is 1. The van der Waals surface area contributed by atoms with Crippen LogP contribution in [0.4, 0.5) is 5.69 Å². The van der Waals surface area contributed by atoms with Crippen molar-refractivity contribution in [2.45, 2.75) is 24.7 Å². The minimum atomic E-state index is -3.74. The van der Waals surface area contributed by atoms with E-state index in [2.05, 4.69) is 4.72 Å². The first-order valence-corrected chi connectivity index (χ1v) is 7.02. The predicted octanol–water partition coefficient (Wildman–Crippen LogP) is 1.02. The number of sulfonamides is 1. The van der Waals surface area contributed by atoms with E-state index in [9.17, 15) is 23.3 Å². The highest BCUT2D eigenvalue weighted by Crippen LogP contribution is 2.23. The van der Waals surface area contributed by atoms with Gasteiger partial charge in [0.25, 0.3) is 5.69 Å². The summed E-state index contributed by atoms with van der Waals surface area (Å²) in [6.45, 7) is 1.66. The molecule has 0 spiro atoms. The van der Waals surface area contributed by atoms with E-state index in [0.717, 1.165) is 6.07 Å². The number of rotatable bonds is 6. The van der Waals surface area contributed by atoms with Gasteiger partial charge in [0, 0.05) is 24.5 Å². The van der Waals surface area contributed by atoms with Gasteiger partial charge in [-0.1, -0.05) is 13.0 Å². The molecule has 0 heterocycles. The van der Waals surface area contributed by atoms with Gasteiger partial charge in [0.1, 0.15) is 5.78 Å². The van der Waals surface area contributed by atoms with Gasteiger partial charge in [0.05, 0.1) is 9.82 Å². The van der Waals surface area contributed by atoms with Crippen molar-refractivity contribution >= 4 is 21.5 Å². The van der Waals surface area contributed by atoms with Gasteiger partial charge < -0.3 is 0 Å². The molecule has 7 nitrogen and oxygen atoms in total. The Morgan fingerprint density at radius 3 is 2.53 bits per heavy atom. The van der Waals surface area contributed by atoms with Gasteiger partial charge in [-0.05, 0) is 13.1 Å². The van der Waals surface area contributed by atoms with Gasteiger partial charge >= 0.3 is 0 Å². The normalized spacial score (nSPS) is 11.3. The van der Waals surface area contributed by atoms with Crippen molar-refractivity contribution in [2.24, 2.45) is 0 Å². The van der Waals surface area contributed by atoms with Crippen LogP contribution in [-0.2, 0) is 21.2 Å². The molecule has 1 N–H and O–H groups in total. The molecule has 0 bridgehead atoms. The molecule has 0 aliphatic carbocycles. The van der Waals surface area contributed by atoms with Crippen LogP contribution in [0.15, 0.2) is 23.1 Å². The van der Waals surface area contributed by atoms with Crippen LogP contribution < -0.4 is 4.72 Å². The number of Topliss-reactive ketones (excluding diaryl/α,β-unsaturated/α-hetero) is 1. The number of nitrogens with zero attached hydrogens (tertiary/aromatic N) is 1. The Kier molecular flexibility index (Phi) is 4.73. The molecular weight excluding hydrogens is 272 g/mol. The monoisotopic (exact) mass is 286 g/mol. The highest BCUT2D eigenvalue weighted by atomic mass is 32.2. The van der Waals surface area contributed by atoms with Crippen molar-refractivity contribution in [3.63, 3.8) is 0 Å². The third-order valence-corrected chi connectivity index (χ3v) is 4.03. The summed E-state index contributed by atoms with van der Waals surface area (Å²) in [5.41, 5.74) is -0.148. The first-order chi connectivity index (χ1) is 8.81. The number of benzene rings is 1. The lowest BCUT2D eigenvalue weighted by molar-refractivity contribution is -0.385. The Morgan fingerprint density at radius 2 is 2.05 bits per heavy atom. The average molecular weight is 286 g/mol. The number of ketones is 1. The quantitative estimate of drug-likeness (QED) is 0.620. The average Bonchev–Trinajstić information content (AvgIpc) is 2.38. The number of nitrogens with one attached hydrogen (secondary N) is 1. The summed E-state index contributed by atoms with van der Waals surface area (Å²) in [4.78, 5) is 21.4. The Labute approximate surface area is 110 Å². The van der Waals surface area contributed by atoms with E-state index in [1.54, 1.807) is 6.92 Å². The van der Waals surface area contributed by atoms with E-state index in [-0.39, 0.29) is 34.8 Å². The van der Waals surface area contributed by atoms with Gasteiger partial charge in [0.2, 0.25) is 10.0 Å². The van der Waals surface area contributed by atoms with Crippen LogP contribution >= 0.6 is 0 Å². The van der Waals surface area contributed by atoms with Crippen LogP contribution in [-0.4, -0.2) is 26.2 Å². The Hall–Kier alpha value is -1.80. The van der Waals surface area contributed by atoms with Crippen LogP contribution in [0.1, 0.15) is 18.9 Å². The van der Waals surface area contributed by atoms with Crippen LogP contribution in [0.3, 0.4) is 0 Å². The zero-order valence-corrected chi connectivity index (χ0v) is 11.4. The maximum absolute atomic E-state index is 11.6. The molecule has 19 heavy (non-hydrogen) atoms. The summed E-state index contributed by atoms with van der Waals surface area (Å²) in [7, 11) is -2.53. The van der Waals surface area contributed by atoms with E-state index in [4.69, 9.17) is 0 Å². The van der Waals surface area contributed by atoms with Crippen molar-refractivity contribution in [3.8, 4) is 0 Å². The van der Waals surface area contributed by atoms with E-state index in [1.165, 1.54) is 19.2 Å². The molecule has 0 aliphatic rings. The molecule has 0 aromatic heterocycles. The summed E-state index contributed by atoms with van der Waals surface area (Å²) in [6, 6.07) is 3.51. The highest BCUT2D eigenvalue weighted by Gasteiger charge is 2.21. The first-order valence-electron chi connectivity index (χ1n) is 5.54. The Bertz CT molecular complexity index is 610. The molecular formula is C11H14N2O5S. The van der Waals surface area contributed by atoms with E-state index in [0.29, 0.717) is 0 Å². The van der Waals surface area contributed by atoms with Crippen molar-refractivity contribution in [1.82, 2.24) is 4.72 Å². The van der Waals surface area contributed by atoms with Gasteiger partial charge in [-0.2, -0.15) is 0 Å². The van der Waals surface area contributed by atoms with Crippen molar-refractivity contribution in [3.05, 3.63) is 33.9 Å². The van der Waals surface area contributed by atoms with Gasteiger partial charge in [-0.3, -0.25) is 14.9 Å². The summed E-state index contributed by atoms with van der Waals surface area (Å²) in [6.07, 6.45) is 0.195. The van der Waals surface area contributed by atoms with Crippen molar-refractivity contribution in [1.29, 1.82) is 0 Å². The first kappa shape index (κ1) is 15.3. The molecule has 1 rings (SSSR count). The third-order valence-electron chi connectivity index (χ3n) is 2.61. The van der Waals surface area contributed by atoms with E-state index >= 15 is 0 Å². The molecule has 0 saturated carbocycles. The zero-order valence-electron chi connectivity index (χ0n) is 10.5. The SMILES string of the molecule is CCC(=O)Cc1ccc(S(=O)(=O)NC)cc1[N+](=O)[O-]. The molecule has 0 atom stereocenters. The number of hydrogen-bond donors (Lipinski definition) is 1. The second kappa shape index (κ2) is 5.89. The van der Waals surface area contributed by atoms with Crippen molar-refractivity contribution < 1.29 is 18.1 Å². The highest BCUT2D eigenvalue weighted by molar-refractivity contribution is 7.89. The minimum Gasteiger partial charge on any atom is -0.299 e. The van der Waals surface area contributed by atoms with Crippen molar-refractivity contribution in [2.75, 3.05) is 7.05 Å². The number of nitro benzene ring substituents is 1. The Morgan fingerprint density at radius 1 is 1.42 bits per heavy atom. The smallest absolute Gasteiger partial charge is 0.274 e. The van der Waals surface area contributed by atoms with Crippen LogP contribution in [0.2, 0.25) is 0 Å². The number of nitro groups is 1. The third kappa shape index (κ3) is 3.58. The summed E-state index contributed by atoms with van der Waals surface area (Å²) >= 11 is 0. The topological polar surface area (TPSA) is 106 Å². The number of hydrogen-bond acceptors (Lipinski definition) is 5. The second-order valence-corrected chi connectivity index (χ2v) is 5.71. The summed E-state index contributed by atoms with van der Waals surface area (Å²) < 4.78 is 25.2. The van der Waals surface area contributed by atoms with E-state index < -0.39 is 14.9 Å². The predicted molar refractivity (Wildman–Crippen MR) is 68.3 cm³/mol. The molecule has 1 aromatic rings. The largest absolute Gasteiger partial charge is 0.299 e. The standard InChI is InChI=1S/C11H14N2O5S/c1-3-9(14)6-8-4-5-10(19(17,18)12-2)7-11(8)13(15)16/h4-5,7,12H,3,6H2,1-2H3. The van der Waals surface area contributed by atoms with Crippen LogP contribution in [0.25, 0.3) is 0 Å². The van der Waals surface area contributed by atoms with E-state index in [1.807, 2.05) is 0 Å². The van der Waals surface area contributed by atoms with Gasteiger partial charge in [0.15, 0.2) is 0 Å². The molecule has 1 aromatic carbocycles. The molecule has 0 aliphatic heterocycles. The van der Waals surface area contributed by atoms with Crippen LogP contribution in [0, 0.1) is 10.1 Å². The molecule has 0 amide bonds. The lowest BCUT2D eigenvalue weighted by Crippen LogP contribution is -2.19. The molecule has 0 saturated heterocycles. The molecule has 8 heteroatoms. The minimum absolute atomic E-state index is 0.0767. The molecule has 0 radical (unpaired) electrons. The number of carbonyl (C=O) groups is 1. The summed E-state index contributed by atoms with van der Waals surface area (Å²) in [5.74, 6) is -0.146. The fraction of sp³-hybridized carbons (Fsp3) is 0.364. The fourth-order valence-corrected chi connectivity index (χ4v) is 2.24. The van der Waals surface area contributed by atoms with Gasteiger partial charge in [-0.15, -0.1) is 0 Å². The molecule has 0 fully saturated rings. The Balaban J connectivity index is 3.31. The fourth-order valence-electron chi connectivity index (χ4n) is 1.49. The molecule has 104 valence electrons. The summed E-state index contributed by atoms with van der Waals surface area (Å²) in [5, 5.41) is 10.9. The zero-order chi connectivity index (χ0) is 14.6. The van der Waals surface area contributed by atoms with Gasteiger partial charge in [-0.25, -0.2) is 13.1 Å².